The lowest BCUT2D eigenvalue weighted by atomic mass is 10.0. The quantitative estimate of drug-likeness (QED) is 0.178. The van der Waals surface area contributed by atoms with Gasteiger partial charge in [-0.3, -0.25) is 13.9 Å². The number of benzene rings is 4. The van der Waals surface area contributed by atoms with Crippen LogP contribution < -0.4 is 19.1 Å². The number of methoxy groups -OCH3 is 2. The summed E-state index contributed by atoms with van der Waals surface area (Å²) in [7, 11) is -1.50. The lowest BCUT2D eigenvalue weighted by molar-refractivity contribution is -0.140. The predicted octanol–water partition coefficient (Wildman–Crippen LogP) is 5.59. The Kier molecular flexibility index (Phi) is 12.0. The van der Waals surface area contributed by atoms with E-state index >= 15 is 0 Å². The van der Waals surface area contributed by atoms with Crippen molar-refractivity contribution in [2.45, 2.75) is 50.2 Å². The van der Waals surface area contributed by atoms with Gasteiger partial charge < -0.3 is 19.7 Å². The molecular weight excluding hydrogens is 621 g/mol. The first-order chi connectivity index (χ1) is 22.6. The molecule has 2 amide bonds. The first-order valence-electron chi connectivity index (χ1n) is 15.2. The number of halogens is 1. The molecule has 4 aromatic rings. The number of hydrogen-bond acceptors (Lipinski definition) is 6. The molecule has 248 valence electrons. The Hall–Kier alpha value is -4.90. The third kappa shape index (κ3) is 8.88. The Morgan fingerprint density at radius 3 is 2.04 bits per heavy atom. The summed E-state index contributed by atoms with van der Waals surface area (Å²) in [5.74, 6) is -0.904. The summed E-state index contributed by atoms with van der Waals surface area (Å²) in [4.78, 5) is 29.7. The molecule has 2 atom stereocenters. The van der Waals surface area contributed by atoms with E-state index in [1.54, 1.807) is 30.3 Å². The molecule has 4 rings (SSSR count). The zero-order chi connectivity index (χ0) is 34.0. The van der Waals surface area contributed by atoms with Gasteiger partial charge in [-0.1, -0.05) is 67.6 Å². The second-order valence-corrected chi connectivity index (χ2v) is 12.9. The van der Waals surface area contributed by atoms with Crippen LogP contribution in [0.25, 0.3) is 0 Å². The molecule has 0 spiro atoms. The van der Waals surface area contributed by atoms with Gasteiger partial charge >= 0.3 is 0 Å². The molecule has 0 bridgehead atoms. The van der Waals surface area contributed by atoms with E-state index in [1.807, 2.05) is 44.2 Å². The van der Waals surface area contributed by atoms with Crippen LogP contribution in [0, 0.1) is 5.82 Å². The Bertz CT molecular complexity index is 1740. The Morgan fingerprint density at radius 2 is 1.45 bits per heavy atom. The Labute approximate surface area is 276 Å². The Morgan fingerprint density at radius 1 is 0.830 bits per heavy atom. The van der Waals surface area contributed by atoms with E-state index in [4.69, 9.17) is 9.47 Å². The number of anilines is 1. The number of rotatable bonds is 15. The van der Waals surface area contributed by atoms with Crippen molar-refractivity contribution in [3.63, 3.8) is 0 Å². The molecule has 11 heteroatoms. The van der Waals surface area contributed by atoms with Crippen LogP contribution in [0.3, 0.4) is 0 Å². The molecule has 0 saturated carbocycles. The monoisotopic (exact) mass is 661 g/mol. The minimum atomic E-state index is -4.35. The maximum absolute atomic E-state index is 14.5. The molecule has 0 aliphatic carbocycles. The summed E-state index contributed by atoms with van der Waals surface area (Å²) in [5, 5.41) is 2.99. The van der Waals surface area contributed by atoms with Gasteiger partial charge in [-0.2, -0.15) is 0 Å². The van der Waals surface area contributed by atoms with Gasteiger partial charge in [0.15, 0.2) is 11.5 Å². The molecule has 4 aromatic carbocycles. The van der Waals surface area contributed by atoms with Crippen molar-refractivity contribution in [1.82, 2.24) is 10.2 Å². The number of amides is 2. The highest BCUT2D eigenvalue weighted by Gasteiger charge is 2.35. The number of carbonyl (C=O) groups excluding carboxylic acids is 2. The minimum Gasteiger partial charge on any atom is -0.493 e. The van der Waals surface area contributed by atoms with Gasteiger partial charge in [0.2, 0.25) is 11.8 Å². The van der Waals surface area contributed by atoms with Gasteiger partial charge in [-0.15, -0.1) is 0 Å². The summed E-state index contributed by atoms with van der Waals surface area (Å²) in [6.07, 6.45) is 0.838. The molecule has 0 saturated heterocycles. The third-order valence-corrected chi connectivity index (χ3v) is 9.57. The van der Waals surface area contributed by atoms with E-state index in [1.165, 1.54) is 61.6 Å². The first kappa shape index (κ1) is 35.0. The predicted molar refractivity (Wildman–Crippen MR) is 179 cm³/mol. The van der Waals surface area contributed by atoms with Gasteiger partial charge in [0, 0.05) is 25.1 Å². The fourth-order valence-electron chi connectivity index (χ4n) is 5.01. The SMILES string of the molecule is CC[C@@H](C)NC(=O)[C@@H](Cc1ccccc1)N(Cc1ccc(F)cc1)C(=O)CN(c1ccccc1)S(=O)(=O)c1ccc(OC)c(OC)c1. The van der Waals surface area contributed by atoms with Gasteiger partial charge in [0.1, 0.15) is 18.4 Å². The maximum atomic E-state index is 14.5. The lowest BCUT2D eigenvalue weighted by Gasteiger charge is -2.34. The fourth-order valence-corrected chi connectivity index (χ4v) is 6.44. The van der Waals surface area contributed by atoms with Crippen molar-refractivity contribution in [2.75, 3.05) is 25.1 Å². The summed E-state index contributed by atoms with van der Waals surface area (Å²) >= 11 is 0. The lowest BCUT2D eigenvalue weighted by Crippen LogP contribution is -2.54. The molecule has 0 radical (unpaired) electrons. The van der Waals surface area contributed by atoms with Crippen LogP contribution >= 0.6 is 0 Å². The molecule has 0 fully saturated rings. The third-order valence-electron chi connectivity index (χ3n) is 7.80. The molecule has 0 aliphatic rings. The molecule has 1 N–H and O–H groups in total. The molecular formula is C36H40FN3O6S. The highest BCUT2D eigenvalue weighted by molar-refractivity contribution is 7.92. The highest BCUT2D eigenvalue weighted by Crippen LogP contribution is 2.32. The summed E-state index contributed by atoms with van der Waals surface area (Å²) in [5.41, 5.74) is 1.63. The van der Waals surface area contributed by atoms with Crippen molar-refractivity contribution in [3.8, 4) is 11.5 Å². The normalized spacial score (nSPS) is 12.4. The molecule has 0 unspecified atom stereocenters. The van der Waals surface area contributed by atoms with Crippen LogP contribution in [0.5, 0.6) is 11.5 Å². The van der Waals surface area contributed by atoms with Crippen LogP contribution in [-0.4, -0.2) is 58.0 Å². The van der Waals surface area contributed by atoms with Gasteiger partial charge in [-0.05, 0) is 60.9 Å². The molecule has 0 aliphatic heterocycles. The van der Waals surface area contributed by atoms with Crippen molar-refractivity contribution in [3.05, 3.63) is 120 Å². The van der Waals surface area contributed by atoms with E-state index < -0.39 is 34.3 Å². The first-order valence-corrected chi connectivity index (χ1v) is 16.7. The number of sulfonamides is 1. The van der Waals surface area contributed by atoms with Crippen molar-refractivity contribution < 1.29 is 31.9 Å². The summed E-state index contributed by atoms with van der Waals surface area (Å²) in [6, 6.07) is 26.2. The number of ether oxygens (including phenoxy) is 2. The number of carbonyl (C=O) groups is 2. The highest BCUT2D eigenvalue weighted by atomic mass is 32.2. The van der Waals surface area contributed by atoms with E-state index in [0.717, 1.165) is 9.87 Å². The second-order valence-electron chi connectivity index (χ2n) is 11.0. The second kappa shape index (κ2) is 16.1. The van der Waals surface area contributed by atoms with Crippen LogP contribution in [0.15, 0.2) is 108 Å². The average Bonchev–Trinajstić information content (AvgIpc) is 3.09. The topological polar surface area (TPSA) is 105 Å². The largest absolute Gasteiger partial charge is 0.493 e. The molecule has 9 nitrogen and oxygen atoms in total. The number of nitrogens with zero attached hydrogens (tertiary/aromatic N) is 2. The molecule has 47 heavy (non-hydrogen) atoms. The van der Waals surface area contributed by atoms with Crippen LogP contribution in [0.4, 0.5) is 10.1 Å². The van der Waals surface area contributed by atoms with Gasteiger partial charge in [-0.25, -0.2) is 12.8 Å². The molecule has 0 aromatic heterocycles. The minimum absolute atomic E-state index is 0.0659. The van der Waals surface area contributed by atoms with Crippen molar-refractivity contribution in [1.29, 1.82) is 0 Å². The number of hydrogen-bond donors (Lipinski definition) is 1. The van der Waals surface area contributed by atoms with Gasteiger partial charge in [0.25, 0.3) is 10.0 Å². The van der Waals surface area contributed by atoms with Crippen LogP contribution in [0.1, 0.15) is 31.4 Å². The van der Waals surface area contributed by atoms with E-state index in [2.05, 4.69) is 5.32 Å². The van der Waals surface area contributed by atoms with E-state index in [9.17, 15) is 22.4 Å². The van der Waals surface area contributed by atoms with Crippen molar-refractivity contribution >= 4 is 27.5 Å². The smallest absolute Gasteiger partial charge is 0.264 e. The number of para-hydroxylation sites is 1. The zero-order valence-electron chi connectivity index (χ0n) is 26.9. The zero-order valence-corrected chi connectivity index (χ0v) is 27.7. The average molecular weight is 662 g/mol. The Balaban J connectivity index is 1.81. The van der Waals surface area contributed by atoms with Crippen molar-refractivity contribution in [2.24, 2.45) is 0 Å². The van der Waals surface area contributed by atoms with Crippen LogP contribution in [0.2, 0.25) is 0 Å². The fraction of sp³-hybridized carbons (Fsp3) is 0.278. The number of nitrogens with one attached hydrogen (secondary N) is 1. The molecule has 0 heterocycles. The standard InChI is InChI=1S/C36H40FN3O6S/c1-5-26(2)38-36(42)32(22-27-12-8-6-9-13-27)39(24-28-16-18-29(37)19-17-28)35(41)25-40(30-14-10-7-11-15-30)47(43,44)31-20-21-33(45-3)34(23-31)46-4/h6-21,23,26,32H,5,22,24-25H2,1-4H3,(H,38,42)/t26-,32-/m1/s1. The summed E-state index contributed by atoms with van der Waals surface area (Å²) < 4.78 is 54.1. The van der Waals surface area contributed by atoms with Gasteiger partial charge in [0.05, 0.1) is 24.8 Å². The van der Waals surface area contributed by atoms with Crippen LogP contribution in [-0.2, 0) is 32.6 Å². The van der Waals surface area contributed by atoms with E-state index in [0.29, 0.717) is 17.7 Å². The maximum Gasteiger partial charge on any atom is 0.264 e. The summed E-state index contributed by atoms with van der Waals surface area (Å²) in [6.45, 7) is 3.12. The van der Waals surface area contributed by atoms with E-state index in [-0.39, 0.29) is 41.2 Å².